The molecule has 0 bridgehead atoms. The molecule has 0 saturated carbocycles. The summed E-state index contributed by atoms with van der Waals surface area (Å²) < 4.78 is 12.1. The summed E-state index contributed by atoms with van der Waals surface area (Å²) >= 11 is 6.27. The average Bonchev–Trinajstić information content (AvgIpc) is 2.82. The van der Waals surface area contributed by atoms with Crippen molar-refractivity contribution in [2.45, 2.75) is 58.1 Å². The lowest BCUT2D eigenvalue weighted by molar-refractivity contribution is -0.0621. The molecular weight excluding hydrogens is 448 g/mol. The zero-order valence-electron chi connectivity index (χ0n) is 20.7. The van der Waals surface area contributed by atoms with Gasteiger partial charge in [-0.05, 0) is 100 Å². The van der Waals surface area contributed by atoms with Crippen LogP contribution in [-0.2, 0) is 6.54 Å². The average molecular weight is 487 g/mol. The van der Waals surface area contributed by atoms with Crippen LogP contribution in [0.5, 0.6) is 11.5 Å². The Morgan fingerprint density at radius 1 is 0.912 bits per heavy atom. The highest BCUT2D eigenvalue weighted by Gasteiger charge is 2.34. The van der Waals surface area contributed by atoms with E-state index in [1.165, 1.54) is 37.9 Å². The monoisotopic (exact) mass is 486 g/mol. The molecule has 0 spiro atoms. The number of likely N-dealkylation sites (tertiary alicyclic amines) is 2. The van der Waals surface area contributed by atoms with Crippen molar-refractivity contribution in [2.75, 3.05) is 45.9 Å². The Morgan fingerprint density at radius 2 is 1.65 bits per heavy atom. The second-order valence-corrected chi connectivity index (χ2v) is 10.5. The van der Waals surface area contributed by atoms with E-state index in [2.05, 4.69) is 28.0 Å². The van der Waals surface area contributed by atoms with E-state index in [0.29, 0.717) is 6.54 Å². The van der Waals surface area contributed by atoms with Gasteiger partial charge in [-0.25, -0.2) is 0 Å². The molecule has 0 aliphatic carbocycles. The molecule has 2 aliphatic rings. The molecule has 2 heterocycles. The first-order valence-electron chi connectivity index (χ1n) is 12.7. The zero-order valence-corrected chi connectivity index (χ0v) is 21.4. The SMILES string of the molecule is Cc1cc(OC[C@@]2(O)CCCN(Cc3cccc(OCCN4CCCCC4)c3)C2)cc(C)c1Cl. The standard InChI is InChI=1S/C28H39ClN2O3/c1-22-16-26(17-23(2)27(22)29)34-21-28(32)10-7-13-31(20-28)19-24-8-6-9-25(18-24)33-15-14-30-11-4-3-5-12-30/h6,8-9,16-18,32H,3-5,7,10-15,19-21H2,1-2H3/t28-/m1/s1. The maximum Gasteiger partial charge on any atom is 0.120 e. The van der Waals surface area contributed by atoms with E-state index in [4.69, 9.17) is 21.1 Å². The minimum absolute atomic E-state index is 0.281. The molecule has 1 N–H and O–H groups in total. The third kappa shape index (κ3) is 7.11. The van der Waals surface area contributed by atoms with Gasteiger partial charge in [0, 0.05) is 24.7 Å². The molecule has 2 saturated heterocycles. The molecular formula is C28H39ClN2O3. The Kier molecular flexibility index (Phi) is 8.75. The van der Waals surface area contributed by atoms with Gasteiger partial charge < -0.3 is 14.6 Å². The predicted molar refractivity (Wildman–Crippen MR) is 138 cm³/mol. The van der Waals surface area contributed by atoms with Crippen molar-refractivity contribution < 1.29 is 14.6 Å². The minimum Gasteiger partial charge on any atom is -0.492 e. The Morgan fingerprint density at radius 3 is 2.41 bits per heavy atom. The third-order valence-corrected chi connectivity index (χ3v) is 7.58. The number of β-amino-alcohol motifs (C(OH)–C–C–N with tert-alkyl or cyclic N) is 1. The highest BCUT2D eigenvalue weighted by Crippen LogP contribution is 2.28. The van der Waals surface area contributed by atoms with E-state index in [0.717, 1.165) is 66.7 Å². The van der Waals surface area contributed by atoms with E-state index in [1.54, 1.807) is 0 Å². The topological polar surface area (TPSA) is 45.2 Å². The lowest BCUT2D eigenvalue weighted by Crippen LogP contribution is -2.51. The summed E-state index contributed by atoms with van der Waals surface area (Å²) in [5.41, 5.74) is 2.34. The number of rotatable bonds is 9. The normalized spacial score (nSPS) is 22.0. The summed E-state index contributed by atoms with van der Waals surface area (Å²) in [5.74, 6) is 1.69. The number of piperidine rings is 2. The summed E-state index contributed by atoms with van der Waals surface area (Å²) in [6.07, 6.45) is 5.67. The van der Waals surface area contributed by atoms with Crippen molar-refractivity contribution in [3.8, 4) is 11.5 Å². The summed E-state index contributed by atoms with van der Waals surface area (Å²) in [6.45, 7) is 10.7. The van der Waals surface area contributed by atoms with Gasteiger partial charge in [0.05, 0.1) is 0 Å². The number of benzene rings is 2. The number of nitrogens with zero attached hydrogens (tertiary/aromatic N) is 2. The van der Waals surface area contributed by atoms with Gasteiger partial charge in [-0.2, -0.15) is 0 Å². The first kappa shape index (κ1) is 25.3. The van der Waals surface area contributed by atoms with Crippen LogP contribution < -0.4 is 9.47 Å². The number of aliphatic hydroxyl groups is 1. The lowest BCUT2D eigenvalue weighted by Gasteiger charge is -2.39. The summed E-state index contributed by atoms with van der Waals surface area (Å²) in [6, 6.07) is 12.3. The lowest BCUT2D eigenvalue weighted by atomic mass is 9.93. The van der Waals surface area contributed by atoms with Crippen molar-refractivity contribution >= 4 is 11.6 Å². The smallest absolute Gasteiger partial charge is 0.120 e. The second-order valence-electron chi connectivity index (χ2n) is 10.1. The predicted octanol–water partition coefficient (Wildman–Crippen LogP) is 5.23. The van der Waals surface area contributed by atoms with Gasteiger partial charge in [0.2, 0.25) is 0 Å². The number of halogens is 1. The molecule has 34 heavy (non-hydrogen) atoms. The first-order valence-corrected chi connectivity index (χ1v) is 13.1. The van der Waals surface area contributed by atoms with E-state index in [-0.39, 0.29) is 6.61 Å². The molecule has 2 fully saturated rings. The maximum atomic E-state index is 11.2. The van der Waals surface area contributed by atoms with Gasteiger partial charge >= 0.3 is 0 Å². The second kappa shape index (κ2) is 11.8. The van der Waals surface area contributed by atoms with Crippen LogP contribution in [-0.4, -0.2) is 66.4 Å². The molecule has 186 valence electrons. The summed E-state index contributed by atoms with van der Waals surface area (Å²) in [4.78, 5) is 4.81. The molecule has 0 amide bonds. The molecule has 2 aromatic rings. The molecule has 5 nitrogen and oxygen atoms in total. The fourth-order valence-electron chi connectivity index (χ4n) is 5.13. The van der Waals surface area contributed by atoms with E-state index >= 15 is 0 Å². The highest BCUT2D eigenvalue weighted by atomic mass is 35.5. The van der Waals surface area contributed by atoms with Gasteiger partial charge in [-0.15, -0.1) is 0 Å². The Bertz CT molecular complexity index is 924. The highest BCUT2D eigenvalue weighted by molar-refractivity contribution is 6.32. The minimum atomic E-state index is -0.859. The molecule has 0 aromatic heterocycles. The van der Waals surface area contributed by atoms with Crippen molar-refractivity contribution in [1.29, 1.82) is 0 Å². The fourth-order valence-corrected chi connectivity index (χ4v) is 5.24. The summed E-state index contributed by atoms with van der Waals surface area (Å²) in [5, 5.41) is 12.0. The van der Waals surface area contributed by atoms with Crippen LogP contribution in [0, 0.1) is 13.8 Å². The largest absolute Gasteiger partial charge is 0.492 e. The van der Waals surface area contributed by atoms with Gasteiger partial charge in [-0.3, -0.25) is 9.80 Å². The quantitative estimate of drug-likeness (QED) is 0.526. The number of ether oxygens (including phenoxy) is 2. The molecule has 2 aromatic carbocycles. The molecule has 2 aliphatic heterocycles. The third-order valence-electron chi connectivity index (χ3n) is 6.98. The van der Waals surface area contributed by atoms with Crippen LogP contribution in [0.4, 0.5) is 0 Å². The zero-order chi connectivity index (χ0) is 24.0. The molecule has 1 atom stereocenters. The van der Waals surface area contributed by atoms with Crippen LogP contribution in [0.25, 0.3) is 0 Å². The van der Waals surface area contributed by atoms with Crippen LogP contribution >= 0.6 is 11.6 Å². The van der Waals surface area contributed by atoms with Gasteiger partial charge in [-0.1, -0.05) is 30.2 Å². The van der Waals surface area contributed by atoms with Crippen LogP contribution in [0.15, 0.2) is 36.4 Å². The molecule has 6 heteroatoms. The van der Waals surface area contributed by atoms with Gasteiger partial charge in [0.1, 0.15) is 30.3 Å². The molecule has 4 rings (SSSR count). The Hall–Kier alpha value is -1.79. The fraction of sp³-hybridized carbons (Fsp3) is 0.571. The van der Waals surface area contributed by atoms with E-state index < -0.39 is 5.60 Å². The summed E-state index contributed by atoms with van der Waals surface area (Å²) in [7, 11) is 0. The van der Waals surface area contributed by atoms with E-state index in [9.17, 15) is 5.11 Å². The van der Waals surface area contributed by atoms with Gasteiger partial charge in [0.25, 0.3) is 0 Å². The maximum absolute atomic E-state index is 11.2. The van der Waals surface area contributed by atoms with Crippen molar-refractivity contribution in [2.24, 2.45) is 0 Å². The Balaban J connectivity index is 1.28. The number of hydrogen-bond acceptors (Lipinski definition) is 5. The van der Waals surface area contributed by atoms with Crippen LogP contribution in [0.2, 0.25) is 5.02 Å². The molecule has 0 unspecified atom stereocenters. The van der Waals surface area contributed by atoms with Gasteiger partial charge in [0.15, 0.2) is 0 Å². The van der Waals surface area contributed by atoms with Crippen molar-refractivity contribution in [3.05, 3.63) is 58.1 Å². The van der Waals surface area contributed by atoms with E-state index in [1.807, 2.05) is 32.0 Å². The van der Waals surface area contributed by atoms with Crippen LogP contribution in [0.3, 0.4) is 0 Å². The van der Waals surface area contributed by atoms with Crippen molar-refractivity contribution in [1.82, 2.24) is 9.80 Å². The number of aryl methyl sites for hydroxylation is 2. The van der Waals surface area contributed by atoms with Crippen LogP contribution in [0.1, 0.15) is 48.8 Å². The first-order chi connectivity index (χ1) is 16.4. The Labute approximate surface area is 209 Å². The molecule has 0 radical (unpaired) electrons. The number of hydrogen-bond donors (Lipinski definition) is 1. The van der Waals surface area contributed by atoms with Crippen molar-refractivity contribution in [3.63, 3.8) is 0 Å².